The lowest BCUT2D eigenvalue weighted by molar-refractivity contribution is 0.101. The molecule has 3 aromatic rings. The van der Waals surface area contributed by atoms with Gasteiger partial charge >= 0.3 is 0 Å². The molecule has 6 heteroatoms. The van der Waals surface area contributed by atoms with Crippen molar-refractivity contribution < 1.29 is 29.6 Å². The van der Waals surface area contributed by atoms with E-state index in [0.29, 0.717) is 23.5 Å². The highest BCUT2D eigenvalue weighted by Gasteiger charge is 2.33. The van der Waals surface area contributed by atoms with Crippen LogP contribution in [0.25, 0.3) is 0 Å². The zero-order valence-corrected chi connectivity index (χ0v) is 16.6. The standard InChI is InChI=1S/C24H22O6/c1-13(25)23-20(29-2)10-9-18(24(23)28)19-12-21(14-3-5-15(26)6-4-14)30-22-11-16(27)7-8-17(19)22/h3-11,19,21,26-28H,12H2,1-2H3/t19-,21+/m1/s1. The summed E-state index contributed by atoms with van der Waals surface area (Å²) in [6, 6.07) is 15.0. The molecular weight excluding hydrogens is 384 g/mol. The molecular formula is C24H22O6. The number of aromatic hydroxyl groups is 3. The minimum atomic E-state index is -0.368. The lowest BCUT2D eigenvalue weighted by atomic mass is 9.81. The van der Waals surface area contributed by atoms with Crippen LogP contribution in [0.1, 0.15) is 52.4 Å². The van der Waals surface area contributed by atoms with Gasteiger partial charge in [0.2, 0.25) is 0 Å². The molecule has 0 unspecified atom stereocenters. The van der Waals surface area contributed by atoms with Gasteiger partial charge in [0, 0.05) is 23.1 Å². The molecule has 0 spiro atoms. The first kappa shape index (κ1) is 19.6. The summed E-state index contributed by atoms with van der Waals surface area (Å²) in [6.07, 6.45) is 0.131. The first-order valence-electron chi connectivity index (χ1n) is 9.58. The summed E-state index contributed by atoms with van der Waals surface area (Å²) in [5, 5.41) is 30.5. The van der Waals surface area contributed by atoms with E-state index in [1.807, 2.05) is 0 Å². The summed E-state index contributed by atoms with van der Waals surface area (Å²) in [5.74, 6) is 0.361. The lowest BCUT2D eigenvalue weighted by Gasteiger charge is -2.33. The Hall–Kier alpha value is -3.67. The second kappa shape index (κ2) is 7.63. The number of carbonyl (C=O) groups excluding carboxylic acids is 1. The molecule has 1 aliphatic heterocycles. The van der Waals surface area contributed by atoms with Crippen LogP contribution < -0.4 is 9.47 Å². The molecule has 3 N–H and O–H groups in total. The van der Waals surface area contributed by atoms with E-state index in [9.17, 15) is 20.1 Å². The average molecular weight is 406 g/mol. The van der Waals surface area contributed by atoms with Gasteiger partial charge in [-0.2, -0.15) is 0 Å². The Bertz CT molecular complexity index is 1100. The molecule has 154 valence electrons. The summed E-state index contributed by atoms with van der Waals surface area (Å²) in [5.41, 5.74) is 2.38. The molecule has 0 aromatic heterocycles. The van der Waals surface area contributed by atoms with Crippen LogP contribution in [0, 0.1) is 0 Å². The van der Waals surface area contributed by atoms with E-state index in [2.05, 4.69) is 0 Å². The van der Waals surface area contributed by atoms with Gasteiger partial charge in [-0.05, 0) is 43.2 Å². The van der Waals surface area contributed by atoms with Crippen molar-refractivity contribution in [2.45, 2.75) is 25.4 Å². The number of ketones is 1. The van der Waals surface area contributed by atoms with Crippen LogP contribution in [0.15, 0.2) is 54.6 Å². The monoisotopic (exact) mass is 406 g/mol. The van der Waals surface area contributed by atoms with Crippen LogP contribution in [0.5, 0.6) is 28.7 Å². The van der Waals surface area contributed by atoms with Crippen molar-refractivity contribution >= 4 is 5.78 Å². The van der Waals surface area contributed by atoms with Crippen molar-refractivity contribution in [1.82, 2.24) is 0 Å². The van der Waals surface area contributed by atoms with Crippen molar-refractivity contribution in [1.29, 1.82) is 0 Å². The van der Waals surface area contributed by atoms with Gasteiger partial charge < -0.3 is 24.8 Å². The Morgan fingerprint density at radius 3 is 2.30 bits per heavy atom. The average Bonchev–Trinajstić information content (AvgIpc) is 2.72. The first-order chi connectivity index (χ1) is 14.4. The van der Waals surface area contributed by atoms with E-state index in [-0.39, 0.29) is 40.6 Å². The molecule has 0 saturated heterocycles. The molecule has 0 amide bonds. The van der Waals surface area contributed by atoms with E-state index in [0.717, 1.165) is 11.1 Å². The number of hydrogen-bond donors (Lipinski definition) is 3. The van der Waals surface area contributed by atoms with E-state index in [1.54, 1.807) is 54.6 Å². The minimum absolute atomic E-state index is 0.0715. The predicted molar refractivity (Wildman–Crippen MR) is 111 cm³/mol. The van der Waals surface area contributed by atoms with E-state index in [1.165, 1.54) is 14.0 Å². The molecule has 0 saturated carbocycles. The summed E-state index contributed by atoms with van der Waals surface area (Å²) in [4.78, 5) is 12.2. The molecule has 1 aliphatic rings. The highest BCUT2D eigenvalue weighted by molar-refractivity contribution is 6.00. The van der Waals surface area contributed by atoms with Gasteiger partial charge in [0.1, 0.15) is 40.4 Å². The number of methoxy groups -OCH3 is 1. The molecule has 1 heterocycles. The highest BCUT2D eigenvalue weighted by Crippen LogP contribution is 2.49. The second-order valence-electron chi connectivity index (χ2n) is 7.35. The topological polar surface area (TPSA) is 96.2 Å². The number of ether oxygens (including phenoxy) is 2. The van der Waals surface area contributed by atoms with Crippen molar-refractivity contribution in [3.05, 3.63) is 76.9 Å². The molecule has 30 heavy (non-hydrogen) atoms. The third-order valence-corrected chi connectivity index (χ3v) is 5.47. The number of carbonyl (C=O) groups is 1. The number of fused-ring (bicyclic) bond motifs is 1. The Labute approximate surface area is 174 Å². The van der Waals surface area contributed by atoms with Crippen LogP contribution >= 0.6 is 0 Å². The van der Waals surface area contributed by atoms with E-state index >= 15 is 0 Å². The van der Waals surface area contributed by atoms with E-state index in [4.69, 9.17) is 9.47 Å². The fourth-order valence-electron chi connectivity index (χ4n) is 4.02. The van der Waals surface area contributed by atoms with Crippen molar-refractivity contribution in [3.63, 3.8) is 0 Å². The molecule has 2 atom stereocenters. The zero-order chi connectivity index (χ0) is 21.4. The molecule has 0 aliphatic carbocycles. The molecule has 3 aromatic carbocycles. The Morgan fingerprint density at radius 1 is 0.967 bits per heavy atom. The van der Waals surface area contributed by atoms with Crippen LogP contribution in [0.3, 0.4) is 0 Å². The fourth-order valence-corrected chi connectivity index (χ4v) is 4.02. The van der Waals surface area contributed by atoms with E-state index < -0.39 is 0 Å². The minimum Gasteiger partial charge on any atom is -0.508 e. The normalized spacial score (nSPS) is 17.7. The second-order valence-corrected chi connectivity index (χ2v) is 7.35. The number of rotatable bonds is 4. The van der Waals surface area contributed by atoms with Crippen molar-refractivity contribution in [2.24, 2.45) is 0 Å². The van der Waals surface area contributed by atoms with Gasteiger partial charge in [-0.3, -0.25) is 4.79 Å². The molecule has 6 nitrogen and oxygen atoms in total. The number of phenolic OH excluding ortho intramolecular Hbond substituents is 3. The summed E-state index contributed by atoms with van der Waals surface area (Å²) >= 11 is 0. The van der Waals surface area contributed by atoms with Gasteiger partial charge in [0.05, 0.1) is 7.11 Å². The van der Waals surface area contributed by atoms with Crippen LogP contribution in [0.4, 0.5) is 0 Å². The molecule has 0 bridgehead atoms. The third-order valence-electron chi connectivity index (χ3n) is 5.47. The fraction of sp³-hybridized carbons (Fsp3) is 0.208. The maximum absolute atomic E-state index is 12.2. The maximum atomic E-state index is 12.2. The van der Waals surface area contributed by atoms with Crippen molar-refractivity contribution in [3.8, 4) is 28.7 Å². The van der Waals surface area contributed by atoms with Gasteiger partial charge in [0.25, 0.3) is 0 Å². The SMILES string of the molecule is COc1ccc([C@@H]2C[C@@H](c3ccc(O)cc3)Oc3cc(O)ccc32)c(O)c1C(C)=O. The quantitative estimate of drug-likeness (QED) is 0.545. The number of Topliss-reactive ketones (excluding diaryl/α,β-unsaturated/α-hetero) is 1. The number of hydrogen-bond acceptors (Lipinski definition) is 6. The number of phenols is 3. The smallest absolute Gasteiger partial charge is 0.167 e. The highest BCUT2D eigenvalue weighted by atomic mass is 16.5. The first-order valence-corrected chi connectivity index (χ1v) is 9.58. The lowest BCUT2D eigenvalue weighted by Crippen LogP contribution is -2.20. The Balaban J connectivity index is 1.85. The summed E-state index contributed by atoms with van der Waals surface area (Å²) < 4.78 is 11.4. The van der Waals surface area contributed by atoms with Crippen LogP contribution in [-0.4, -0.2) is 28.2 Å². The molecule has 0 radical (unpaired) electrons. The van der Waals surface area contributed by atoms with Gasteiger partial charge in [-0.1, -0.05) is 24.3 Å². The molecule has 0 fully saturated rings. The van der Waals surface area contributed by atoms with Gasteiger partial charge in [0.15, 0.2) is 5.78 Å². The number of benzene rings is 3. The summed E-state index contributed by atoms with van der Waals surface area (Å²) in [6.45, 7) is 1.39. The Morgan fingerprint density at radius 2 is 1.63 bits per heavy atom. The zero-order valence-electron chi connectivity index (χ0n) is 16.6. The van der Waals surface area contributed by atoms with Gasteiger partial charge in [-0.15, -0.1) is 0 Å². The van der Waals surface area contributed by atoms with Crippen LogP contribution in [0.2, 0.25) is 0 Å². The summed E-state index contributed by atoms with van der Waals surface area (Å²) in [7, 11) is 1.45. The van der Waals surface area contributed by atoms with Crippen molar-refractivity contribution in [2.75, 3.05) is 7.11 Å². The van der Waals surface area contributed by atoms with Crippen LogP contribution in [-0.2, 0) is 0 Å². The predicted octanol–water partition coefficient (Wildman–Crippen LogP) is 4.67. The van der Waals surface area contributed by atoms with Gasteiger partial charge in [-0.25, -0.2) is 0 Å². The maximum Gasteiger partial charge on any atom is 0.167 e. The molecule has 4 rings (SSSR count). The Kier molecular flexibility index (Phi) is 4.99. The third kappa shape index (κ3) is 3.41. The largest absolute Gasteiger partial charge is 0.508 e.